The van der Waals surface area contributed by atoms with Gasteiger partial charge in [-0.1, -0.05) is 0 Å². The number of hydrogen-bond acceptors (Lipinski definition) is 5. The van der Waals surface area contributed by atoms with E-state index in [0.717, 1.165) is 12.0 Å². The average Bonchev–Trinajstić information content (AvgIpc) is 3.04. The van der Waals surface area contributed by atoms with E-state index in [1.165, 1.54) is 22.3 Å². The maximum atomic E-state index is 12.0. The summed E-state index contributed by atoms with van der Waals surface area (Å²) in [4.78, 5) is 36.2. The molecule has 0 bridgehead atoms. The molecule has 0 radical (unpaired) electrons. The second-order valence-electron chi connectivity index (χ2n) is 5.08. The van der Waals surface area contributed by atoms with Crippen molar-refractivity contribution >= 4 is 35.2 Å². The van der Waals surface area contributed by atoms with Crippen molar-refractivity contribution in [3.05, 3.63) is 28.5 Å². The SMILES string of the molecule is NC(=O)[C@@H]1CCCN(C(=O)COC(=O)/C=C/c2ccsc2)C1. The molecule has 22 heavy (non-hydrogen) atoms. The van der Waals surface area contributed by atoms with Crippen molar-refractivity contribution < 1.29 is 19.1 Å². The van der Waals surface area contributed by atoms with Gasteiger partial charge >= 0.3 is 5.97 Å². The molecule has 7 heteroatoms. The van der Waals surface area contributed by atoms with Gasteiger partial charge < -0.3 is 15.4 Å². The molecule has 0 aliphatic carbocycles. The Morgan fingerprint density at radius 2 is 2.27 bits per heavy atom. The molecule has 2 heterocycles. The summed E-state index contributed by atoms with van der Waals surface area (Å²) in [6.07, 6.45) is 4.35. The van der Waals surface area contributed by atoms with E-state index in [0.29, 0.717) is 19.5 Å². The van der Waals surface area contributed by atoms with Crippen LogP contribution in [0.4, 0.5) is 0 Å². The third-order valence-electron chi connectivity index (χ3n) is 3.47. The molecule has 0 spiro atoms. The highest BCUT2D eigenvalue weighted by atomic mass is 32.1. The van der Waals surface area contributed by atoms with E-state index < -0.39 is 11.9 Å². The lowest BCUT2D eigenvalue weighted by molar-refractivity contribution is -0.149. The summed E-state index contributed by atoms with van der Waals surface area (Å²) in [5.41, 5.74) is 6.18. The number of esters is 1. The maximum Gasteiger partial charge on any atom is 0.331 e. The van der Waals surface area contributed by atoms with Crippen LogP contribution in [0.2, 0.25) is 0 Å². The van der Waals surface area contributed by atoms with E-state index in [4.69, 9.17) is 10.5 Å². The number of primary amides is 1. The van der Waals surface area contributed by atoms with Crippen LogP contribution in [-0.2, 0) is 19.1 Å². The van der Waals surface area contributed by atoms with Crippen LogP contribution in [0, 0.1) is 5.92 Å². The third-order valence-corrected chi connectivity index (χ3v) is 4.17. The normalized spacial score (nSPS) is 18.4. The number of ether oxygens (including phenoxy) is 1. The molecule has 1 saturated heterocycles. The van der Waals surface area contributed by atoms with E-state index in [9.17, 15) is 14.4 Å². The van der Waals surface area contributed by atoms with Crippen molar-refractivity contribution in [3.8, 4) is 0 Å². The van der Waals surface area contributed by atoms with Gasteiger partial charge in [-0.2, -0.15) is 11.3 Å². The Labute approximate surface area is 132 Å². The van der Waals surface area contributed by atoms with Gasteiger partial charge in [0.2, 0.25) is 5.91 Å². The number of thiophene rings is 1. The second kappa shape index (κ2) is 7.74. The summed E-state index contributed by atoms with van der Waals surface area (Å²) in [6.45, 7) is 0.541. The first-order chi connectivity index (χ1) is 10.6. The van der Waals surface area contributed by atoms with Crippen LogP contribution in [0.3, 0.4) is 0 Å². The quantitative estimate of drug-likeness (QED) is 0.647. The van der Waals surface area contributed by atoms with E-state index in [-0.39, 0.29) is 18.4 Å². The van der Waals surface area contributed by atoms with Gasteiger partial charge in [-0.25, -0.2) is 4.79 Å². The molecule has 1 fully saturated rings. The van der Waals surface area contributed by atoms with Gasteiger partial charge in [0.05, 0.1) is 5.92 Å². The molecule has 1 aliphatic heterocycles. The number of nitrogens with zero attached hydrogens (tertiary/aromatic N) is 1. The molecule has 1 aromatic rings. The Hall–Kier alpha value is -2.15. The summed E-state index contributed by atoms with van der Waals surface area (Å²) < 4.78 is 4.92. The number of piperidine rings is 1. The molecule has 0 saturated carbocycles. The minimum absolute atomic E-state index is 0.302. The molecule has 1 aliphatic rings. The summed E-state index contributed by atoms with van der Waals surface area (Å²) >= 11 is 1.53. The number of carbonyl (C=O) groups excluding carboxylic acids is 3. The second-order valence-corrected chi connectivity index (χ2v) is 5.86. The van der Waals surface area contributed by atoms with Crippen molar-refractivity contribution in [1.29, 1.82) is 0 Å². The predicted molar refractivity (Wildman–Crippen MR) is 82.8 cm³/mol. The maximum absolute atomic E-state index is 12.0. The standard InChI is InChI=1S/C15H18N2O4S/c16-15(20)12-2-1-6-17(8-12)13(18)9-21-14(19)4-3-11-5-7-22-10-11/h3-5,7,10,12H,1-2,6,8-9H2,(H2,16,20)/b4-3+/t12-/m1/s1. The molecule has 1 aromatic heterocycles. The Morgan fingerprint density at radius 1 is 1.45 bits per heavy atom. The fourth-order valence-corrected chi connectivity index (χ4v) is 2.87. The van der Waals surface area contributed by atoms with E-state index in [1.807, 2.05) is 16.8 Å². The van der Waals surface area contributed by atoms with Gasteiger partial charge in [0, 0.05) is 19.2 Å². The van der Waals surface area contributed by atoms with Crippen LogP contribution in [0.5, 0.6) is 0 Å². The van der Waals surface area contributed by atoms with Crippen LogP contribution in [0.1, 0.15) is 18.4 Å². The first-order valence-corrected chi connectivity index (χ1v) is 7.94. The fourth-order valence-electron chi connectivity index (χ4n) is 2.24. The van der Waals surface area contributed by atoms with Gasteiger partial charge in [0.1, 0.15) is 0 Å². The number of amides is 2. The topological polar surface area (TPSA) is 89.7 Å². The lowest BCUT2D eigenvalue weighted by atomic mass is 9.97. The lowest BCUT2D eigenvalue weighted by Gasteiger charge is -2.30. The molecule has 2 N–H and O–H groups in total. The molecular formula is C15H18N2O4S. The van der Waals surface area contributed by atoms with Crippen LogP contribution in [0.15, 0.2) is 22.9 Å². The number of likely N-dealkylation sites (tertiary alicyclic amines) is 1. The fraction of sp³-hybridized carbons (Fsp3) is 0.400. The molecule has 1 atom stereocenters. The van der Waals surface area contributed by atoms with Gasteiger partial charge in [-0.05, 0) is 41.3 Å². The molecule has 0 aromatic carbocycles. The molecule has 2 amide bonds. The smallest absolute Gasteiger partial charge is 0.331 e. The highest BCUT2D eigenvalue weighted by Gasteiger charge is 2.27. The zero-order valence-corrected chi connectivity index (χ0v) is 12.9. The molecule has 6 nitrogen and oxygen atoms in total. The number of nitrogens with two attached hydrogens (primary N) is 1. The largest absolute Gasteiger partial charge is 0.452 e. The van der Waals surface area contributed by atoms with E-state index >= 15 is 0 Å². The van der Waals surface area contributed by atoms with Crippen molar-refractivity contribution in [1.82, 2.24) is 4.90 Å². The van der Waals surface area contributed by atoms with Gasteiger partial charge in [-0.3, -0.25) is 9.59 Å². The molecule has 118 valence electrons. The lowest BCUT2D eigenvalue weighted by Crippen LogP contribution is -2.45. The first kappa shape index (κ1) is 16.2. The van der Waals surface area contributed by atoms with Crippen molar-refractivity contribution in [2.24, 2.45) is 11.7 Å². The predicted octanol–water partition coefficient (Wildman–Crippen LogP) is 1.03. The molecular weight excluding hydrogens is 304 g/mol. The minimum atomic E-state index is -0.567. The van der Waals surface area contributed by atoms with Crippen molar-refractivity contribution in [3.63, 3.8) is 0 Å². The van der Waals surface area contributed by atoms with Crippen LogP contribution in [0.25, 0.3) is 6.08 Å². The van der Waals surface area contributed by atoms with Gasteiger partial charge in [0.25, 0.3) is 5.91 Å². The molecule has 2 rings (SSSR count). The molecule has 0 unspecified atom stereocenters. The Bertz CT molecular complexity index is 568. The highest BCUT2D eigenvalue weighted by Crippen LogP contribution is 2.16. The van der Waals surface area contributed by atoms with Crippen molar-refractivity contribution in [2.45, 2.75) is 12.8 Å². The van der Waals surface area contributed by atoms with E-state index in [1.54, 1.807) is 6.08 Å². The number of carbonyl (C=O) groups is 3. The zero-order chi connectivity index (χ0) is 15.9. The minimum Gasteiger partial charge on any atom is -0.452 e. The van der Waals surface area contributed by atoms with Crippen molar-refractivity contribution in [2.75, 3.05) is 19.7 Å². The summed E-state index contributed by atoms with van der Waals surface area (Å²) in [5.74, 6) is -1.58. The van der Waals surface area contributed by atoms with Crippen LogP contribution < -0.4 is 5.73 Å². The summed E-state index contributed by atoms with van der Waals surface area (Å²) in [7, 11) is 0. The Balaban J connectivity index is 1.77. The first-order valence-electron chi connectivity index (χ1n) is 7.00. The van der Waals surface area contributed by atoms with Crippen LogP contribution in [-0.4, -0.2) is 42.4 Å². The Morgan fingerprint density at radius 3 is 2.95 bits per heavy atom. The number of hydrogen-bond donors (Lipinski definition) is 1. The summed E-state index contributed by atoms with van der Waals surface area (Å²) in [6, 6.07) is 1.87. The van der Waals surface area contributed by atoms with Crippen LogP contribution >= 0.6 is 11.3 Å². The summed E-state index contributed by atoms with van der Waals surface area (Å²) in [5, 5.41) is 3.80. The van der Waals surface area contributed by atoms with Gasteiger partial charge in [-0.15, -0.1) is 0 Å². The Kier molecular flexibility index (Phi) is 5.71. The van der Waals surface area contributed by atoms with E-state index in [2.05, 4.69) is 0 Å². The highest BCUT2D eigenvalue weighted by molar-refractivity contribution is 7.08. The third kappa shape index (κ3) is 4.70. The average molecular weight is 322 g/mol. The zero-order valence-electron chi connectivity index (χ0n) is 12.1. The van der Waals surface area contributed by atoms with Gasteiger partial charge in [0.15, 0.2) is 6.61 Å². The monoisotopic (exact) mass is 322 g/mol. The number of rotatable bonds is 5.